The van der Waals surface area contributed by atoms with Crippen molar-refractivity contribution in [3.05, 3.63) is 44.9 Å². The largest absolute Gasteiger partial charge is 0.369 e. The van der Waals surface area contributed by atoms with Crippen molar-refractivity contribution in [3.8, 4) is 0 Å². The fraction of sp³-hybridized carbons (Fsp3) is 0.524. The monoisotopic (exact) mass is 562 g/mol. The fourth-order valence-corrected chi connectivity index (χ4v) is 4.60. The Hall–Kier alpha value is -1.10. The first-order valence-corrected chi connectivity index (χ1v) is 11.3. The summed E-state index contributed by atoms with van der Waals surface area (Å²) in [4.78, 5) is 15.0. The van der Waals surface area contributed by atoms with Crippen LogP contribution in [0.1, 0.15) is 22.0 Å². The van der Waals surface area contributed by atoms with Gasteiger partial charge in [0.2, 0.25) is 0 Å². The van der Waals surface area contributed by atoms with Crippen LogP contribution in [-0.4, -0.2) is 62.2 Å². The first-order chi connectivity index (χ1) is 14.0. The number of aliphatic imine (C=N–C) groups is 1. The molecule has 2 N–H and O–H groups in total. The van der Waals surface area contributed by atoms with E-state index in [1.54, 1.807) is 11.3 Å². The van der Waals surface area contributed by atoms with Gasteiger partial charge in [-0.2, -0.15) is 0 Å². The Morgan fingerprint density at radius 2 is 1.97 bits per heavy atom. The van der Waals surface area contributed by atoms with Crippen LogP contribution in [0, 0.1) is 13.8 Å². The van der Waals surface area contributed by atoms with Crippen molar-refractivity contribution in [1.29, 1.82) is 0 Å². The van der Waals surface area contributed by atoms with Gasteiger partial charge in [0.15, 0.2) is 5.96 Å². The molecule has 0 atom stereocenters. The predicted octanol–water partition coefficient (Wildman–Crippen LogP) is 3.91. The van der Waals surface area contributed by atoms with Gasteiger partial charge in [0.05, 0.1) is 17.2 Å². The number of benzene rings is 1. The second-order valence-electron chi connectivity index (χ2n) is 7.26. The lowest BCUT2D eigenvalue weighted by molar-refractivity contribution is 0.255. The highest BCUT2D eigenvalue weighted by atomic mass is 127. The van der Waals surface area contributed by atoms with Crippen LogP contribution in [0.2, 0.25) is 5.02 Å². The van der Waals surface area contributed by atoms with Gasteiger partial charge in [0, 0.05) is 55.4 Å². The summed E-state index contributed by atoms with van der Waals surface area (Å²) in [6.45, 7) is 11.1. The van der Waals surface area contributed by atoms with E-state index in [1.807, 2.05) is 26.1 Å². The SMILES string of the molecule is CN=C(NCCCN1CCN(c2cccc(Cl)c2)CC1)NCc1sc(C)nc1C.I. The van der Waals surface area contributed by atoms with Crippen molar-refractivity contribution in [1.82, 2.24) is 20.5 Å². The molecule has 0 bridgehead atoms. The lowest BCUT2D eigenvalue weighted by atomic mass is 10.2. The molecule has 0 unspecified atom stereocenters. The molecule has 1 aliphatic rings. The van der Waals surface area contributed by atoms with Crippen LogP contribution in [0.15, 0.2) is 29.3 Å². The number of nitrogens with one attached hydrogen (secondary N) is 2. The smallest absolute Gasteiger partial charge is 0.191 e. The molecule has 2 heterocycles. The Morgan fingerprint density at radius 1 is 1.20 bits per heavy atom. The Balaban J connectivity index is 0.00000320. The summed E-state index contributed by atoms with van der Waals surface area (Å²) in [5.41, 5.74) is 2.33. The van der Waals surface area contributed by atoms with E-state index < -0.39 is 0 Å². The molecule has 0 saturated carbocycles. The van der Waals surface area contributed by atoms with Gasteiger partial charge in [-0.3, -0.25) is 9.89 Å². The second-order valence-corrected chi connectivity index (χ2v) is 8.98. The molecule has 30 heavy (non-hydrogen) atoms. The minimum atomic E-state index is 0. The highest BCUT2D eigenvalue weighted by Crippen LogP contribution is 2.20. The fourth-order valence-electron chi connectivity index (χ4n) is 3.53. The van der Waals surface area contributed by atoms with Crippen molar-refractivity contribution >= 4 is 58.6 Å². The molecule has 0 radical (unpaired) electrons. The van der Waals surface area contributed by atoms with Crippen LogP contribution in [0.3, 0.4) is 0 Å². The van der Waals surface area contributed by atoms with Gasteiger partial charge in [-0.05, 0) is 45.0 Å². The van der Waals surface area contributed by atoms with Crippen LogP contribution in [0.4, 0.5) is 5.69 Å². The molecular formula is C21H32ClIN6S. The Labute approximate surface area is 206 Å². The Kier molecular flexibility index (Phi) is 10.6. The van der Waals surface area contributed by atoms with Crippen molar-refractivity contribution in [2.75, 3.05) is 51.2 Å². The molecule has 1 fully saturated rings. The molecule has 3 rings (SSSR count). The molecule has 0 amide bonds. The first-order valence-electron chi connectivity index (χ1n) is 10.2. The lowest BCUT2D eigenvalue weighted by Crippen LogP contribution is -2.47. The van der Waals surface area contributed by atoms with Crippen LogP contribution >= 0.6 is 46.9 Å². The third-order valence-electron chi connectivity index (χ3n) is 5.13. The van der Waals surface area contributed by atoms with E-state index >= 15 is 0 Å². The highest BCUT2D eigenvalue weighted by molar-refractivity contribution is 14.0. The normalized spacial score (nSPS) is 15.1. The van der Waals surface area contributed by atoms with Crippen LogP contribution in [-0.2, 0) is 6.54 Å². The molecule has 9 heteroatoms. The molecule has 2 aromatic rings. The van der Waals surface area contributed by atoms with Gasteiger partial charge < -0.3 is 15.5 Å². The summed E-state index contributed by atoms with van der Waals surface area (Å²) in [5.74, 6) is 0.848. The molecule has 166 valence electrons. The van der Waals surface area contributed by atoms with Crippen LogP contribution in [0.5, 0.6) is 0 Å². The van der Waals surface area contributed by atoms with E-state index in [1.165, 1.54) is 10.6 Å². The van der Waals surface area contributed by atoms with E-state index in [-0.39, 0.29) is 24.0 Å². The van der Waals surface area contributed by atoms with Crippen molar-refractivity contribution in [2.45, 2.75) is 26.8 Å². The predicted molar refractivity (Wildman–Crippen MR) is 140 cm³/mol. The van der Waals surface area contributed by atoms with Crippen LogP contribution < -0.4 is 15.5 Å². The summed E-state index contributed by atoms with van der Waals surface area (Å²) >= 11 is 7.86. The molecule has 0 spiro atoms. The summed E-state index contributed by atoms with van der Waals surface area (Å²) in [6.07, 6.45) is 1.09. The zero-order valence-electron chi connectivity index (χ0n) is 17.9. The second kappa shape index (κ2) is 12.7. The maximum atomic E-state index is 6.12. The highest BCUT2D eigenvalue weighted by Gasteiger charge is 2.17. The molecule has 1 aromatic heterocycles. The van der Waals surface area contributed by atoms with E-state index in [9.17, 15) is 0 Å². The number of piperazine rings is 1. The number of hydrogen-bond acceptors (Lipinski definition) is 5. The van der Waals surface area contributed by atoms with Gasteiger partial charge in [-0.25, -0.2) is 4.98 Å². The summed E-state index contributed by atoms with van der Waals surface area (Å²) in [5, 5.41) is 8.72. The summed E-state index contributed by atoms with van der Waals surface area (Å²) in [6, 6.07) is 8.14. The number of anilines is 1. The maximum Gasteiger partial charge on any atom is 0.191 e. The number of halogens is 2. The zero-order chi connectivity index (χ0) is 20.6. The molecule has 6 nitrogen and oxygen atoms in total. The lowest BCUT2D eigenvalue weighted by Gasteiger charge is -2.36. The minimum absolute atomic E-state index is 0. The number of aromatic nitrogens is 1. The molecule has 1 aromatic carbocycles. The number of nitrogens with zero attached hydrogens (tertiary/aromatic N) is 4. The molecular weight excluding hydrogens is 531 g/mol. The number of thiazole rings is 1. The topological polar surface area (TPSA) is 55.8 Å². The van der Waals surface area contributed by atoms with E-state index in [0.29, 0.717) is 0 Å². The van der Waals surface area contributed by atoms with E-state index in [2.05, 4.69) is 49.5 Å². The zero-order valence-corrected chi connectivity index (χ0v) is 21.9. The van der Waals surface area contributed by atoms with Crippen molar-refractivity contribution < 1.29 is 0 Å². The average Bonchev–Trinajstić information content (AvgIpc) is 3.05. The van der Waals surface area contributed by atoms with E-state index in [0.717, 1.165) is 73.9 Å². The van der Waals surface area contributed by atoms with Crippen molar-refractivity contribution in [2.24, 2.45) is 4.99 Å². The van der Waals surface area contributed by atoms with Crippen LogP contribution in [0.25, 0.3) is 0 Å². The van der Waals surface area contributed by atoms with Gasteiger partial charge >= 0.3 is 0 Å². The van der Waals surface area contributed by atoms with Gasteiger partial charge in [-0.15, -0.1) is 35.3 Å². The first kappa shape index (κ1) is 25.2. The third-order valence-corrected chi connectivity index (χ3v) is 6.44. The van der Waals surface area contributed by atoms with Gasteiger partial charge in [0.1, 0.15) is 0 Å². The number of aryl methyl sites for hydroxylation is 2. The van der Waals surface area contributed by atoms with Gasteiger partial charge in [0.25, 0.3) is 0 Å². The maximum absolute atomic E-state index is 6.12. The average molecular weight is 563 g/mol. The van der Waals surface area contributed by atoms with Crippen molar-refractivity contribution in [3.63, 3.8) is 0 Å². The van der Waals surface area contributed by atoms with Gasteiger partial charge in [-0.1, -0.05) is 17.7 Å². The molecule has 1 saturated heterocycles. The standard InChI is InChI=1S/C21H31ClN6S.HI/c1-16-20(29-17(2)26-16)15-25-21(23-3)24-8-5-9-27-10-12-28(13-11-27)19-7-4-6-18(22)14-19;/h4,6-7,14H,5,8-13,15H2,1-3H3,(H2,23,24,25);1H. The quantitative estimate of drug-likeness (QED) is 0.232. The number of guanidine groups is 1. The molecule has 1 aliphatic heterocycles. The molecule has 0 aliphatic carbocycles. The van der Waals surface area contributed by atoms with E-state index in [4.69, 9.17) is 11.6 Å². The summed E-state index contributed by atoms with van der Waals surface area (Å²) in [7, 11) is 1.81. The Bertz CT molecular complexity index is 820. The number of hydrogen-bond donors (Lipinski definition) is 2. The number of rotatable bonds is 7. The Morgan fingerprint density at radius 3 is 2.60 bits per heavy atom. The minimum Gasteiger partial charge on any atom is -0.369 e. The third kappa shape index (κ3) is 7.55. The summed E-state index contributed by atoms with van der Waals surface area (Å²) < 4.78 is 0.